The predicted molar refractivity (Wildman–Crippen MR) is 81.3 cm³/mol. The van der Waals surface area contributed by atoms with Crippen LogP contribution in [0.4, 0.5) is 10.5 Å². The third-order valence-electron chi connectivity index (χ3n) is 4.05. The van der Waals surface area contributed by atoms with E-state index in [-0.39, 0.29) is 12.3 Å². The van der Waals surface area contributed by atoms with Gasteiger partial charge < -0.3 is 14.5 Å². The molecule has 21 heavy (non-hydrogen) atoms. The van der Waals surface area contributed by atoms with Gasteiger partial charge in [0.2, 0.25) is 0 Å². The van der Waals surface area contributed by atoms with Crippen molar-refractivity contribution in [1.29, 1.82) is 0 Å². The molecular formula is C16H22N3O2. The molecule has 1 aromatic rings. The number of amides is 1. The number of hydrogen-bond acceptors (Lipinski definition) is 3. The van der Waals surface area contributed by atoms with E-state index in [1.54, 1.807) is 4.90 Å². The SMILES string of the molecule is O=C(O[C@H]1CN(c2ccccc2)CC[N]1)N1CCCCC1. The first-order valence-corrected chi connectivity index (χ1v) is 7.75. The number of benzene rings is 1. The Balaban J connectivity index is 1.55. The molecule has 1 aromatic carbocycles. The van der Waals surface area contributed by atoms with Crippen LogP contribution >= 0.6 is 0 Å². The molecule has 1 amide bonds. The van der Waals surface area contributed by atoms with E-state index in [0.717, 1.165) is 38.2 Å². The van der Waals surface area contributed by atoms with Crippen molar-refractivity contribution < 1.29 is 9.53 Å². The number of likely N-dealkylation sites (tertiary alicyclic amines) is 1. The minimum Gasteiger partial charge on any atom is -0.427 e. The highest BCUT2D eigenvalue weighted by molar-refractivity contribution is 5.68. The molecule has 1 atom stereocenters. The smallest absolute Gasteiger partial charge is 0.411 e. The third kappa shape index (κ3) is 3.67. The van der Waals surface area contributed by atoms with Gasteiger partial charge in [0, 0.05) is 31.9 Å². The van der Waals surface area contributed by atoms with Crippen LogP contribution in [0.3, 0.4) is 0 Å². The first kappa shape index (κ1) is 14.2. The quantitative estimate of drug-likeness (QED) is 0.837. The fourth-order valence-corrected chi connectivity index (χ4v) is 2.88. The largest absolute Gasteiger partial charge is 0.427 e. The average molecular weight is 288 g/mol. The van der Waals surface area contributed by atoms with Crippen LogP contribution in [0.2, 0.25) is 0 Å². The molecule has 2 heterocycles. The Morgan fingerprint density at radius 1 is 1.10 bits per heavy atom. The van der Waals surface area contributed by atoms with E-state index in [9.17, 15) is 4.79 Å². The minimum atomic E-state index is -0.353. The molecule has 2 aliphatic heterocycles. The van der Waals surface area contributed by atoms with E-state index in [1.807, 2.05) is 18.2 Å². The molecule has 0 saturated carbocycles. The van der Waals surface area contributed by atoms with Crippen LogP contribution in [0, 0.1) is 0 Å². The lowest BCUT2D eigenvalue weighted by Gasteiger charge is -2.35. The zero-order valence-corrected chi connectivity index (χ0v) is 12.3. The number of para-hydroxylation sites is 1. The molecule has 2 saturated heterocycles. The van der Waals surface area contributed by atoms with Gasteiger partial charge in [-0.05, 0) is 31.4 Å². The number of rotatable bonds is 2. The standard InChI is InChI=1S/C16H22N3O2/c20-16(18-10-5-2-6-11-18)21-15-13-19(12-9-17-15)14-7-3-1-4-8-14/h1,3-4,7-8,15H,2,5-6,9-13H2/t15-/m0/s1. The molecule has 0 spiro atoms. The summed E-state index contributed by atoms with van der Waals surface area (Å²) in [6.45, 7) is 3.85. The van der Waals surface area contributed by atoms with Crippen LogP contribution < -0.4 is 10.2 Å². The molecule has 2 fully saturated rings. The maximum absolute atomic E-state index is 12.1. The summed E-state index contributed by atoms with van der Waals surface area (Å²) in [4.78, 5) is 16.2. The van der Waals surface area contributed by atoms with Crippen LogP contribution in [0.5, 0.6) is 0 Å². The summed E-state index contributed by atoms with van der Waals surface area (Å²) in [5.74, 6) is 0. The summed E-state index contributed by atoms with van der Waals surface area (Å²) in [6, 6.07) is 10.2. The van der Waals surface area contributed by atoms with E-state index in [2.05, 4.69) is 22.3 Å². The number of nitrogens with zero attached hydrogens (tertiary/aromatic N) is 3. The van der Waals surface area contributed by atoms with Crippen LogP contribution in [-0.2, 0) is 4.74 Å². The average Bonchev–Trinajstić information content (AvgIpc) is 2.57. The van der Waals surface area contributed by atoms with Crippen LogP contribution in [-0.4, -0.2) is 49.9 Å². The maximum atomic E-state index is 12.1. The van der Waals surface area contributed by atoms with Crippen molar-refractivity contribution in [3.63, 3.8) is 0 Å². The highest BCUT2D eigenvalue weighted by Crippen LogP contribution is 2.17. The van der Waals surface area contributed by atoms with Crippen molar-refractivity contribution in [2.24, 2.45) is 0 Å². The van der Waals surface area contributed by atoms with Gasteiger partial charge in [-0.3, -0.25) is 0 Å². The second-order valence-corrected chi connectivity index (χ2v) is 5.57. The Kier molecular flexibility index (Phi) is 4.60. The molecule has 5 nitrogen and oxygen atoms in total. The van der Waals surface area contributed by atoms with Gasteiger partial charge in [-0.1, -0.05) is 18.2 Å². The number of hydrogen-bond donors (Lipinski definition) is 0. The topological polar surface area (TPSA) is 46.9 Å². The van der Waals surface area contributed by atoms with Crippen molar-refractivity contribution in [3.05, 3.63) is 30.3 Å². The molecule has 0 aliphatic carbocycles. The molecule has 0 unspecified atom stereocenters. The van der Waals surface area contributed by atoms with E-state index in [0.29, 0.717) is 13.1 Å². The van der Waals surface area contributed by atoms with Crippen molar-refractivity contribution in [2.75, 3.05) is 37.6 Å². The lowest BCUT2D eigenvalue weighted by Crippen LogP contribution is -2.50. The molecule has 1 radical (unpaired) electrons. The van der Waals surface area contributed by atoms with Crippen LogP contribution in [0.25, 0.3) is 0 Å². The lowest BCUT2D eigenvalue weighted by molar-refractivity contribution is 0.0395. The number of anilines is 1. The Bertz CT molecular complexity index is 460. The lowest BCUT2D eigenvalue weighted by atomic mass is 10.1. The third-order valence-corrected chi connectivity index (χ3v) is 4.05. The number of ether oxygens (including phenoxy) is 1. The van der Waals surface area contributed by atoms with Gasteiger partial charge in [0.05, 0.1) is 6.54 Å². The maximum Gasteiger partial charge on any atom is 0.411 e. The second kappa shape index (κ2) is 6.80. The summed E-state index contributed by atoms with van der Waals surface area (Å²) in [5, 5.41) is 4.43. The predicted octanol–water partition coefficient (Wildman–Crippen LogP) is 2.06. The Morgan fingerprint density at radius 2 is 1.86 bits per heavy atom. The zero-order valence-electron chi connectivity index (χ0n) is 12.3. The summed E-state index contributed by atoms with van der Waals surface area (Å²) >= 11 is 0. The number of carbonyl (C=O) groups is 1. The molecule has 3 rings (SSSR count). The molecule has 0 N–H and O–H groups in total. The molecule has 5 heteroatoms. The molecule has 0 bridgehead atoms. The number of piperazine rings is 1. The first-order valence-electron chi connectivity index (χ1n) is 7.75. The highest BCUT2D eigenvalue weighted by atomic mass is 16.6. The normalized spacial score (nSPS) is 23.0. The Morgan fingerprint density at radius 3 is 2.62 bits per heavy atom. The van der Waals surface area contributed by atoms with Gasteiger partial charge >= 0.3 is 6.09 Å². The minimum absolute atomic E-state index is 0.210. The van der Waals surface area contributed by atoms with Crippen molar-refractivity contribution in [1.82, 2.24) is 10.2 Å². The molecule has 2 aliphatic rings. The summed E-state index contributed by atoms with van der Waals surface area (Å²) in [7, 11) is 0. The van der Waals surface area contributed by atoms with Crippen molar-refractivity contribution >= 4 is 11.8 Å². The van der Waals surface area contributed by atoms with Gasteiger partial charge in [-0.2, -0.15) is 5.32 Å². The van der Waals surface area contributed by atoms with Gasteiger partial charge in [0.15, 0.2) is 6.23 Å². The van der Waals surface area contributed by atoms with Crippen LogP contribution in [0.1, 0.15) is 19.3 Å². The van der Waals surface area contributed by atoms with Gasteiger partial charge in [0.25, 0.3) is 0 Å². The fourth-order valence-electron chi connectivity index (χ4n) is 2.88. The van der Waals surface area contributed by atoms with E-state index in [4.69, 9.17) is 4.74 Å². The Hall–Kier alpha value is -1.75. The van der Waals surface area contributed by atoms with E-state index >= 15 is 0 Å². The molecule has 113 valence electrons. The van der Waals surface area contributed by atoms with Crippen LogP contribution in [0.15, 0.2) is 30.3 Å². The summed E-state index contributed by atoms with van der Waals surface area (Å²) in [6.07, 6.45) is 2.80. The number of piperidine rings is 1. The van der Waals surface area contributed by atoms with E-state index in [1.165, 1.54) is 6.42 Å². The highest BCUT2D eigenvalue weighted by Gasteiger charge is 2.26. The summed E-state index contributed by atoms with van der Waals surface area (Å²) in [5.41, 5.74) is 1.16. The van der Waals surface area contributed by atoms with Gasteiger partial charge in [0.1, 0.15) is 0 Å². The number of carbonyl (C=O) groups excluding carboxylic acids is 1. The van der Waals surface area contributed by atoms with Gasteiger partial charge in [-0.15, -0.1) is 0 Å². The molecule has 0 aromatic heterocycles. The van der Waals surface area contributed by atoms with Crippen molar-refractivity contribution in [2.45, 2.75) is 25.5 Å². The fraction of sp³-hybridized carbons (Fsp3) is 0.562. The van der Waals surface area contributed by atoms with Gasteiger partial charge in [-0.25, -0.2) is 4.79 Å². The second-order valence-electron chi connectivity index (χ2n) is 5.57. The zero-order chi connectivity index (χ0) is 14.5. The monoisotopic (exact) mass is 288 g/mol. The first-order chi connectivity index (χ1) is 10.3. The van der Waals surface area contributed by atoms with E-state index < -0.39 is 0 Å². The van der Waals surface area contributed by atoms with Crippen molar-refractivity contribution in [3.8, 4) is 0 Å². The molecular weight excluding hydrogens is 266 g/mol. The summed E-state index contributed by atoms with van der Waals surface area (Å²) < 4.78 is 5.56. The Labute approximate surface area is 125 Å².